The molecular weight excluding hydrogens is 240 g/mol. The van der Waals surface area contributed by atoms with Gasteiger partial charge in [0.2, 0.25) is 0 Å². The fourth-order valence-corrected chi connectivity index (χ4v) is 0.760. The van der Waals surface area contributed by atoms with E-state index >= 15 is 0 Å². The molecule has 0 aliphatic carbocycles. The zero-order valence-corrected chi connectivity index (χ0v) is 7.90. The van der Waals surface area contributed by atoms with E-state index in [0.717, 1.165) is 0 Å². The fourth-order valence-electron chi connectivity index (χ4n) is 0.760. The molecule has 0 amide bonds. The number of aliphatic hydroxyl groups is 3. The smallest absolute Gasteiger partial charge is 0.0558 e. The molecule has 0 aromatic carbocycles. The van der Waals surface area contributed by atoms with Crippen molar-refractivity contribution in [2.45, 2.75) is 0 Å². The Balaban J connectivity index is 0. The molecule has 5 heteroatoms. The zero-order chi connectivity index (χ0) is 7.82. The summed E-state index contributed by atoms with van der Waals surface area (Å²) in [5, 5.41) is 25.5. The van der Waals surface area contributed by atoms with Gasteiger partial charge in [0.05, 0.1) is 19.8 Å². The quantitative estimate of drug-likeness (QED) is 0.493. The van der Waals surface area contributed by atoms with E-state index in [2.05, 4.69) is 0 Å². The summed E-state index contributed by atoms with van der Waals surface area (Å²) >= 11 is 0. The van der Waals surface area contributed by atoms with Gasteiger partial charge in [-0.2, -0.15) is 0 Å². The summed E-state index contributed by atoms with van der Waals surface area (Å²) in [6, 6.07) is 0. The molecule has 0 aromatic heterocycles. The Kier molecular flexibility index (Phi) is 13.4. The molecule has 0 fully saturated rings. The van der Waals surface area contributed by atoms with Gasteiger partial charge in [-0.1, -0.05) is 0 Å². The summed E-state index contributed by atoms with van der Waals surface area (Å²) in [6.45, 7) is 1.75. The molecule has 0 bridgehead atoms. The van der Waals surface area contributed by atoms with Crippen molar-refractivity contribution in [3.05, 3.63) is 0 Å². The first-order valence-electron chi connectivity index (χ1n) is 3.40. The van der Waals surface area contributed by atoms with E-state index in [1.165, 1.54) is 0 Å². The van der Waals surface area contributed by atoms with E-state index in [4.69, 9.17) is 15.3 Å². The van der Waals surface area contributed by atoms with Gasteiger partial charge < -0.3 is 15.3 Å². The van der Waals surface area contributed by atoms with Crippen LogP contribution in [0.15, 0.2) is 0 Å². The van der Waals surface area contributed by atoms with Gasteiger partial charge in [-0.25, -0.2) is 0 Å². The van der Waals surface area contributed by atoms with Crippen LogP contribution < -0.4 is 0 Å². The second-order valence-electron chi connectivity index (χ2n) is 2.01. The standard InChI is InChI=1S/C6H15NO3.Pd/c8-4-1-7(2-5-9)3-6-10;/h8-10H,1-6H2;. The van der Waals surface area contributed by atoms with Crippen molar-refractivity contribution in [3.8, 4) is 0 Å². The number of hydrogen-bond donors (Lipinski definition) is 3. The molecule has 0 aromatic rings. The van der Waals surface area contributed by atoms with Gasteiger partial charge in [-0.3, -0.25) is 4.90 Å². The summed E-state index contributed by atoms with van der Waals surface area (Å²) in [4.78, 5) is 1.79. The van der Waals surface area contributed by atoms with Crippen molar-refractivity contribution < 1.29 is 35.7 Å². The van der Waals surface area contributed by atoms with Crippen molar-refractivity contribution in [1.29, 1.82) is 0 Å². The summed E-state index contributed by atoms with van der Waals surface area (Å²) in [5.41, 5.74) is 0. The molecule has 0 spiro atoms. The zero-order valence-electron chi connectivity index (χ0n) is 6.35. The van der Waals surface area contributed by atoms with E-state index in [0.29, 0.717) is 19.6 Å². The van der Waals surface area contributed by atoms with E-state index in [-0.39, 0.29) is 40.2 Å². The average Bonchev–Trinajstić information content (AvgIpc) is 1.90. The Hall–Kier alpha value is 0.502. The Morgan fingerprint density at radius 1 is 0.727 bits per heavy atom. The maximum atomic E-state index is 8.48. The molecule has 4 nitrogen and oxygen atoms in total. The van der Waals surface area contributed by atoms with Crippen molar-refractivity contribution in [2.24, 2.45) is 0 Å². The first-order chi connectivity index (χ1) is 4.85. The molecule has 0 radical (unpaired) electrons. The molecule has 0 aliphatic heterocycles. The Morgan fingerprint density at radius 3 is 1.18 bits per heavy atom. The van der Waals surface area contributed by atoms with Crippen LogP contribution >= 0.6 is 0 Å². The largest absolute Gasteiger partial charge is 0.395 e. The molecule has 0 unspecified atom stereocenters. The third kappa shape index (κ3) is 8.41. The molecule has 11 heavy (non-hydrogen) atoms. The first-order valence-corrected chi connectivity index (χ1v) is 3.40. The Bertz CT molecular complexity index is 60.6. The van der Waals surface area contributed by atoms with Crippen LogP contribution in [-0.4, -0.2) is 59.7 Å². The topological polar surface area (TPSA) is 63.9 Å². The van der Waals surface area contributed by atoms with E-state index in [1.807, 2.05) is 0 Å². The fraction of sp³-hybridized carbons (Fsp3) is 1.00. The van der Waals surface area contributed by atoms with Crippen LogP contribution in [0.1, 0.15) is 0 Å². The van der Waals surface area contributed by atoms with Gasteiger partial charge in [-0.15, -0.1) is 0 Å². The monoisotopic (exact) mass is 255 g/mol. The van der Waals surface area contributed by atoms with Crippen molar-refractivity contribution in [3.63, 3.8) is 0 Å². The molecule has 0 atom stereocenters. The molecule has 0 saturated heterocycles. The summed E-state index contributed by atoms with van der Waals surface area (Å²) in [5.74, 6) is 0. The number of aliphatic hydroxyl groups excluding tert-OH is 3. The van der Waals surface area contributed by atoms with Crippen LogP contribution in [0.25, 0.3) is 0 Å². The minimum absolute atomic E-state index is 0. The van der Waals surface area contributed by atoms with Crippen LogP contribution in [0.2, 0.25) is 0 Å². The van der Waals surface area contributed by atoms with Crippen molar-refractivity contribution in [1.82, 2.24) is 4.90 Å². The Morgan fingerprint density at radius 2 is 1.00 bits per heavy atom. The van der Waals surface area contributed by atoms with Gasteiger partial charge in [-0.05, 0) is 0 Å². The molecule has 0 rings (SSSR count). The molecule has 0 heterocycles. The van der Waals surface area contributed by atoms with Gasteiger partial charge in [0.1, 0.15) is 0 Å². The molecule has 72 valence electrons. The second-order valence-corrected chi connectivity index (χ2v) is 2.01. The maximum absolute atomic E-state index is 8.48. The van der Waals surface area contributed by atoms with Crippen LogP contribution in [0, 0.1) is 0 Å². The average molecular weight is 256 g/mol. The molecule has 0 aliphatic rings. The molecule has 3 N–H and O–H groups in total. The molecular formula is C6H15NO3Pd. The van der Waals surface area contributed by atoms with Gasteiger partial charge in [0.15, 0.2) is 0 Å². The first kappa shape index (κ1) is 14.1. The van der Waals surface area contributed by atoms with E-state index < -0.39 is 0 Å². The van der Waals surface area contributed by atoms with Crippen LogP contribution in [0.3, 0.4) is 0 Å². The Labute approximate surface area is 80.5 Å². The van der Waals surface area contributed by atoms with Crippen LogP contribution in [0.5, 0.6) is 0 Å². The van der Waals surface area contributed by atoms with Gasteiger partial charge in [0.25, 0.3) is 0 Å². The number of nitrogens with zero attached hydrogens (tertiary/aromatic N) is 1. The third-order valence-electron chi connectivity index (χ3n) is 1.25. The van der Waals surface area contributed by atoms with Crippen molar-refractivity contribution >= 4 is 0 Å². The van der Waals surface area contributed by atoms with Crippen molar-refractivity contribution in [2.75, 3.05) is 39.5 Å². The summed E-state index contributed by atoms with van der Waals surface area (Å²) < 4.78 is 0. The minimum atomic E-state index is 0. The van der Waals surface area contributed by atoms with Gasteiger partial charge in [0, 0.05) is 40.1 Å². The van der Waals surface area contributed by atoms with Crippen LogP contribution in [-0.2, 0) is 20.4 Å². The number of hydrogen-bond acceptors (Lipinski definition) is 4. The predicted octanol–water partition coefficient (Wildman–Crippen LogP) is -1.74. The van der Waals surface area contributed by atoms with E-state index in [9.17, 15) is 0 Å². The van der Waals surface area contributed by atoms with Crippen LogP contribution in [0.4, 0.5) is 0 Å². The normalized spacial score (nSPS) is 9.82. The summed E-state index contributed by atoms with van der Waals surface area (Å²) in [7, 11) is 0. The maximum Gasteiger partial charge on any atom is 0.0558 e. The van der Waals surface area contributed by atoms with Gasteiger partial charge >= 0.3 is 0 Å². The number of rotatable bonds is 6. The third-order valence-corrected chi connectivity index (χ3v) is 1.25. The second kappa shape index (κ2) is 10.5. The molecule has 0 saturated carbocycles. The predicted molar refractivity (Wildman–Crippen MR) is 37.7 cm³/mol. The summed E-state index contributed by atoms with van der Waals surface area (Å²) in [6.07, 6.45) is 0. The van der Waals surface area contributed by atoms with E-state index in [1.54, 1.807) is 4.90 Å². The SMILES string of the molecule is OCCN(CCO)CCO.[Pd]. The minimum Gasteiger partial charge on any atom is -0.395 e.